The summed E-state index contributed by atoms with van der Waals surface area (Å²) in [5.41, 5.74) is -2.15. The first-order valence-electron chi connectivity index (χ1n) is 7.04. The van der Waals surface area contributed by atoms with Crippen LogP contribution in [0.4, 0.5) is 11.4 Å². The highest BCUT2D eigenvalue weighted by Crippen LogP contribution is 2.49. The first-order valence-corrected chi connectivity index (χ1v) is 7.38. The Morgan fingerprint density at radius 3 is 1.85 bits per heavy atom. The summed E-state index contributed by atoms with van der Waals surface area (Å²) in [5.74, 6) is -3.44. The first-order chi connectivity index (χ1) is 12.2. The maximum absolute atomic E-state index is 12.4. The smallest absolute Gasteiger partial charge is 0.328 e. The van der Waals surface area contributed by atoms with Gasteiger partial charge in [0, 0.05) is 32.8 Å². The van der Waals surface area contributed by atoms with Crippen molar-refractivity contribution in [3.63, 3.8) is 0 Å². The van der Waals surface area contributed by atoms with Crippen molar-refractivity contribution in [3.8, 4) is 11.5 Å². The van der Waals surface area contributed by atoms with Crippen LogP contribution in [0.2, 0.25) is 0 Å². The molecule has 1 rings (SSSR count). The molecule has 12 heteroatoms. The van der Waals surface area contributed by atoms with E-state index in [-0.39, 0.29) is 5.69 Å². The average Bonchev–Trinajstić information content (AvgIpc) is 2.62. The number of nitro groups is 1. The minimum absolute atomic E-state index is 0.359. The summed E-state index contributed by atoms with van der Waals surface area (Å²) < 4.78 is 10.7. The third-order valence-corrected chi connectivity index (χ3v) is 3.74. The molecule has 11 nitrogen and oxygen atoms in total. The molecule has 1 aromatic carbocycles. The molecular formula is C14H17ClN4O7. The SMILES string of the molecule is CNC(=O)c1c(OC)c([N+](=O)[O-])c(C(=O)NC)c(OC)c1N(Cl)C(C)=O. The van der Waals surface area contributed by atoms with Gasteiger partial charge in [0.05, 0.1) is 19.1 Å². The van der Waals surface area contributed by atoms with Crippen LogP contribution in [0.1, 0.15) is 27.6 Å². The molecule has 0 unspecified atom stereocenters. The molecule has 0 aromatic heterocycles. The summed E-state index contributed by atoms with van der Waals surface area (Å²) in [6.45, 7) is 1.09. The zero-order valence-electron chi connectivity index (χ0n) is 14.6. The molecule has 142 valence electrons. The van der Waals surface area contributed by atoms with Gasteiger partial charge in [-0.2, -0.15) is 0 Å². The van der Waals surface area contributed by atoms with Crippen molar-refractivity contribution in [2.45, 2.75) is 6.92 Å². The lowest BCUT2D eigenvalue weighted by atomic mass is 10.0. The molecule has 0 atom stereocenters. The van der Waals surface area contributed by atoms with Crippen molar-refractivity contribution in [2.75, 3.05) is 32.7 Å². The van der Waals surface area contributed by atoms with Crippen LogP contribution in [-0.2, 0) is 4.79 Å². The maximum Gasteiger partial charge on any atom is 0.328 e. The number of rotatable bonds is 6. The summed E-state index contributed by atoms with van der Waals surface area (Å²) in [4.78, 5) is 47.1. The van der Waals surface area contributed by atoms with Gasteiger partial charge < -0.3 is 20.1 Å². The second-order valence-electron chi connectivity index (χ2n) is 4.73. The van der Waals surface area contributed by atoms with E-state index >= 15 is 0 Å². The van der Waals surface area contributed by atoms with E-state index in [2.05, 4.69) is 10.6 Å². The van der Waals surface area contributed by atoms with E-state index < -0.39 is 51.0 Å². The van der Waals surface area contributed by atoms with Crippen molar-refractivity contribution in [2.24, 2.45) is 0 Å². The standard InChI is InChI=1S/C14H17ClN4O7/c1-6(20)18(15)9-7(13(21)16-2)12(26-5)10(19(23)24)8(11(9)25-4)14(22)17-3/h1-5H3,(H,16,21)(H,17,22). The van der Waals surface area contributed by atoms with Crippen LogP contribution in [0.25, 0.3) is 0 Å². The Kier molecular flexibility index (Phi) is 6.72. The van der Waals surface area contributed by atoms with E-state index in [4.69, 9.17) is 21.3 Å². The van der Waals surface area contributed by atoms with Gasteiger partial charge in [-0.15, -0.1) is 0 Å². The molecule has 0 aliphatic carbocycles. The maximum atomic E-state index is 12.4. The van der Waals surface area contributed by atoms with Crippen molar-refractivity contribution < 1.29 is 28.8 Å². The second-order valence-corrected chi connectivity index (χ2v) is 5.07. The number of nitro benzene ring substituents is 1. The average molecular weight is 389 g/mol. The fourth-order valence-electron chi connectivity index (χ4n) is 2.27. The number of nitrogens with zero attached hydrogens (tertiary/aromatic N) is 2. The summed E-state index contributed by atoms with van der Waals surface area (Å²) >= 11 is 5.98. The Hall–Kier alpha value is -3.08. The molecule has 0 spiro atoms. The number of carbonyl (C=O) groups excluding carboxylic acids is 3. The largest absolute Gasteiger partial charge is 0.493 e. The number of anilines is 1. The lowest BCUT2D eigenvalue weighted by Gasteiger charge is -2.23. The van der Waals surface area contributed by atoms with Gasteiger partial charge in [-0.3, -0.25) is 24.5 Å². The van der Waals surface area contributed by atoms with E-state index in [1.165, 1.54) is 14.1 Å². The van der Waals surface area contributed by atoms with Gasteiger partial charge in [0.25, 0.3) is 11.8 Å². The van der Waals surface area contributed by atoms with E-state index in [0.717, 1.165) is 21.1 Å². The molecule has 3 amide bonds. The van der Waals surface area contributed by atoms with Gasteiger partial charge in [-0.1, -0.05) is 0 Å². The van der Waals surface area contributed by atoms with Crippen molar-refractivity contribution >= 4 is 40.9 Å². The number of benzene rings is 1. The van der Waals surface area contributed by atoms with E-state index in [9.17, 15) is 24.5 Å². The van der Waals surface area contributed by atoms with Crippen LogP contribution >= 0.6 is 11.8 Å². The van der Waals surface area contributed by atoms with Gasteiger partial charge in [0.1, 0.15) is 11.3 Å². The van der Waals surface area contributed by atoms with Crippen LogP contribution in [-0.4, -0.2) is 51.0 Å². The number of hydrogen-bond acceptors (Lipinski definition) is 7. The van der Waals surface area contributed by atoms with Crippen LogP contribution < -0.4 is 24.5 Å². The quantitative estimate of drug-likeness (QED) is 0.418. The third kappa shape index (κ3) is 3.47. The van der Waals surface area contributed by atoms with Crippen LogP contribution in [0.3, 0.4) is 0 Å². The highest BCUT2D eigenvalue weighted by Gasteiger charge is 2.40. The Labute approximate surface area is 153 Å². The fourth-order valence-corrected chi connectivity index (χ4v) is 2.43. The zero-order valence-corrected chi connectivity index (χ0v) is 15.4. The monoisotopic (exact) mass is 388 g/mol. The lowest BCUT2D eigenvalue weighted by Crippen LogP contribution is -2.28. The highest BCUT2D eigenvalue weighted by molar-refractivity contribution is 6.38. The summed E-state index contributed by atoms with van der Waals surface area (Å²) in [6.07, 6.45) is 0. The molecule has 0 heterocycles. The minimum Gasteiger partial charge on any atom is -0.493 e. The number of carbonyl (C=O) groups is 3. The third-order valence-electron chi connectivity index (χ3n) is 3.33. The Balaban J connectivity index is 4.28. The molecule has 0 radical (unpaired) electrons. The fraction of sp³-hybridized carbons (Fsp3) is 0.357. The zero-order chi connectivity index (χ0) is 20.2. The first kappa shape index (κ1) is 21.0. The predicted octanol–water partition coefficient (Wildman–Crippen LogP) is 0.838. The van der Waals surface area contributed by atoms with Gasteiger partial charge >= 0.3 is 5.69 Å². The predicted molar refractivity (Wildman–Crippen MR) is 92.0 cm³/mol. The molecule has 0 saturated heterocycles. The van der Waals surface area contributed by atoms with Crippen molar-refractivity contribution in [3.05, 3.63) is 21.2 Å². The molecule has 0 aliphatic rings. The number of amides is 3. The topological polar surface area (TPSA) is 140 Å². The van der Waals surface area contributed by atoms with Crippen LogP contribution in [0.15, 0.2) is 0 Å². The Morgan fingerprint density at radius 1 is 1.04 bits per heavy atom. The normalized spacial score (nSPS) is 9.92. The number of hydrogen-bond donors (Lipinski definition) is 2. The van der Waals surface area contributed by atoms with Gasteiger partial charge in [0.2, 0.25) is 11.7 Å². The van der Waals surface area contributed by atoms with Crippen molar-refractivity contribution in [1.29, 1.82) is 0 Å². The van der Waals surface area contributed by atoms with Gasteiger partial charge in [-0.05, 0) is 0 Å². The minimum atomic E-state index is -0.898. The Morgan fingerprint density at radius 2 is 1.50 bits per heavy atom. The number of methoxy groups -OCH3 is 2. The van der Waals surface area contributed by atoms with Crippen molar-refractivity contribution in [1.82, 2.24) is 10.6 Å². The van der Waals surface area contributed by atoms with Crippen LogP contribution in [0, 0.1) is 10.1 Å². The lowest BCUT2D eigenvalue weighted by molar-refractivity contribution is -0.386. The molecule has 2 N–H and O–H groups in total. The summed E-state index contributed by atoms with van der Waals surface area (Å²) in [6, 6.07) is 0. The van der Waals surface area contributed by atoms with E-state index in [1.807, 2.05) is 0 Å². The van der Waals surface area contributed by atoms with Crippen LogP contribution in [0.5, 0.6) is 11.5 Å². The van der Waals surface area contributed by atoms with E-state index in [1.54, 1.807) is 0 Å². The molecule has 0 bridgehead atoms. The molecule has 1 aromatic rings. The number of ether oxygens (including phenoxy) is 2. The molecule has 0 fully saturated rings. The molecular weight excluding hydrogens is 372 g/mol. The van der Waals surface area contributed by atoms with Gasteiger partial charge in [0.15, 0.2) is 11.3 Å². The number of halogens is 1. The Bertz CT molecular complexity index is 781. The molecule has 0 aliphatic heterocycles. The summed E-state index contributed by atoms with van der Waals surface area (Å²) in [7, 11) is 4.70. The summed E-state index contributed by atoms with van der Waals surface area (Å²) in [5, 5.41) is 16.1. The number of nitrogens with one attached hydrogen (secondary N) is 2. The van der Waals surface area contributed by atoms with Gasteiger partial charge in [-0.25, -0.2) is 4.42 Å². The molecule has 26 heavy (non-hydrogen) atoms. The van der Waals surface area contributed by atoms with E-state index in [0.29, 0.717) is 4.42 Å². The molecule has 0 saturated carbocycles. The highest BCUT2D eigenvalue weighted by atomic mass is 35.5. The second kappa shape index (κ2) is 8.34.